The Kier molecular flexibility index (Phi) is 5.91. The first kappa shape index (κ1) is 20.7. The zero-order valence-electron chi connectivity index (χ0n) is 16.5. The molecule has 0 fully saturated rings. The smallest absolute Gasteiger partial charge is 0.278 e. The van der Waals surface area contributed by atoms with Crippen LogP contribution in [0, 0.1) is 10.1 Å². The Balaban J connectivity index is 1.98. The summed E-state index contributed by atoms with van der Waals surface area (Å²) in [5.41, 5.74) is 1.72. The lowest BCUT2D eigenvalue weighted by Gasteiger charge is -2.14. The molecule has 0 atom stereocenters. The lowest BCUT2D eigenvalue weighted by Crippen LogP contribution is -2.33. The maximum absolute atomic E-state index is 12.9. The number of non-ortho nitro benzene ring substituents is 1. The molecule has 0 saturated heterocycles. The maximum atomic E-state index is 12.9. The molecule has 2 aromatic carbocycles. The van der Waals surface area contributed by atoms with Gasteiger partial charge in [0.1, 0.15) is 5.70 Å². The molecule has 0 saturated carbocycles. The monoisotopic (exact) mass is 408 g/mol. The van der Waals surface area contributed by atoms with Gasteiger partial charge in [0.25, 0.3) is 17.5 Å². The van der Waals surface area contributed by atoms with Gasteiger partial charge in [0.15, 0.2) is 0 Å². The van der Waals surface area contributed by atoms with Gasteiger partial charge in [0.05, 0.1) is 10.5 Å². The van der Waals surface area contributed by atoms with E-state index in [4.69, 9.17) is 0 Å². The highest BCUT2D eigenvalue weighted by Gasteiger charge is 2.38. The number of benzene rings is 2. The van der Waals surface area contributed by atoms with Crippen molar-refractivity contribution < 1.29 is 19.3 Å². The number of rotatable bonds is 7. The lowest BCUT2D eigenvalue weighted by atomic mass is 10.0. The van der Waals surface area contributed by atoms with Gasteiger partial charge >= 0.3 is 0 Å². The molecule has 0 aliphatic carbocycles. The van der Waals surface area contributed by atoms with Crippen LogP contribution in [0.1, 0.15) is 25.8 Å². The second-order valence-corrected chi connectivity index (χ2v) is 6.70. The van der Waals surface area contributed by atoms with Crippen molar-refractivity contribution in [1.82, 2.24) is 4.90 Å². The highest BCUT2D eigenvalue weighted by Crippen LogP contribution is 2.31. The molecule has 1 aliphatic heterocycles. The van der Waals surface area contributed by atoms with Crippen LogP contribution in [0.3, 0.4) is 0 Å². The number of nitrogens with one attached hydrogen (secondary N) is 2. The molecule has 3 rings (SSSR count). The minimum absolute atomic E-state index is 0.106. The Morgan fingerprint density at radius 1 is 1.00 bits per heavy atom. The van der Waals surface area contributed by atoms with Crippen LogP contribution in [0.5, 0.6) is 0 Å². The second kappa shape index (κ2) is 8.56. The Hall–Kier alpha value is -4.01. The van der Waals surface area contributed by atoms with Gasteiger partial charge in [-0.05, 0) is 48.4 Å². The van der Waals surface area contributed by atoms with Gasteiger partial charge in [-0.2, -0.15) is 0 Å². The van der Waals surface area contributed by atoms with Crippen LogP contribution in [0.15, 0.2) is 54.2 Å². The number of amides is 3. The molecule has 2 aromatic rings. The molecular weight excluding hydrogens is 388 g/mol. The molecule has 0 unspecified atom stereocenters. The SMILES string of the molecule is CCCN1C(=O)C(Nc2ccc(NC(C)=O)cc2)=C(c2ccc([N+](=O)[O-])cc2)C1=O. The van der Waals surface area contributed by atoms with Gasteiger partial charge in [-0.15, -0.1) is 0 Å². The van der Waals surface area contributed by atoms with E-state index in [1.165, 1.54) is 31.2 Å². The van der Waals surface area contributed by atoms with E-state index in [9.17, 15) is 24.5 Å². The number of hydrogen-bond acceptors (Lipinski definition) is 6. The number of hydrogen-bond donors (Lipinski definition) is 2. The summed E-state index contributed by atoms with van der Waals surface area (Å²) in [6, 6.07) is 12.2. The van der Waals surface area contributed by atoms with Crippen LogP contribution in [0.2, 0.25) is 0 Å². The fraction of sp³-hybridized carbons (Fsp3) is 0.190. The minimum Gasteiger partial charge on any atom is -0.350 e. The number of imide groups is 1. The largest absolute Gasteiger partial charge is 0.350 e. The van der Waals surface area contributed by atoms with Crippen molar-refractivity contribution in [3.05, 3.63) is 69.9 Å². The van der Waals surface area contributed by atoms with Crippen LogP contribution >= 0.6 is 0 Å². The number of anilines is 2. The van der Waals surface area contributed by atoms with Crippen LogP contribution < -0.4 is 10.6 Å². The predicted octanol–water partition coefficient (Wildman–Crippen LogP) is 3.16. The summed E-state index contributed by atoms with van der Waals surface area (Å²) in [6.45, 7) is 3.53. The third-order valence-electron chi connectivity index (χ3n) is 4.46. The molecule has 0 spiro atoms. The maximum Gasteiger partial charge on any atom is 0.278 e. The van der Waals surface area contributed by atoms with E-state index < -0.39 is 16.7 Å². The minimum atomic E-state index is -0.529. The van der Waals surface area contributed by atoms with E-state index in [0.29, 0.717) is 23.4 Å². The van der Waals surface area contributed by atoms with Crippen molar-refractivity contribution in [2.45, 2.75) is 20.3 Å². The molecule has 1 aliphatic rings. The summed E-state index contributed by atoms with van der Waals surface area (Å²) in [4.78, 5) is 48.5. The predicted molar refractivity (Wildman–Crippen MR) is 111 cm³/mol. The Morgan fingerprint density at radius 2 is 1.60 bits per heavy atom. The topological polar surface area (TPSA) is 122 Å². The molecule has 0 bridgehead atoms. The molecule has 3 amide bonds. The molecule has 0 aromatic heterocycles. The first-order valence-electron chi connectivity index (χ1n) is 9.31. The Bertz CT molecular complexity index is 1040. The van der Waals surface area contributed by atoms with E-state index in [2.05, 4.69) is 10.6 Å². The average Bonchev–Trinajstić information content (AvgIpc) is 2.94. The summed E-state index contributed by atoms with van der Waals surface area (Å²) in [7, 11) is 0. The second-order valence-electron chi connectivity index (χ2n) is 6.70. The average molecular weight is 408 g/mol. The fourth-order valence-corrected chi connectivity index (χ4v) is 3.12. The fourth-order valence-electron chi connectivity index (χ4n) is 3.12. The van der Waals surface area contributed by atoms with E-state index in [0.717, 1.165) is 4.90 Å². The first-order chi connectivity index (χ1) is 14.3. The van der Waals surface area contributed by atoms with Crippen molar-refractivity contribution in [2.24, 2.45) is 0 Å². The van der Waals surface area contributed by atoms with Gasteiger partial charge < -0.3 is 10.6 Å². The zero-order valence-corrected chi connectivity index (χ0v) is 16.5. The summed E-state index contributed by atoms with van der Waals surface area (Å²) in [5, 5.41) is 16.6. The van der Waals surface area contributed by atoms with Gasteiger partial charge in [-0.3, -0.25) is 29.4 Å². The molecular formula is C21H20N4O5. The summed E-state index contributed by atoms with van der Waals surface area (Å²) < 4.78 is 0. The Morgan fingerprint density at radius 3 is 2.13 bits per heavy atom. The van der Waals surface area contributed by atoms with E-state index in [1.807, 2.05) is 6.92 Å². The number of carbonyl (C=O) groups is 3. The van der Waals surface area contributed by atoms with Crippen molar-refractivity contribution in [3.8, 4) is 0 Å². The van der Waals surface area contributed by atoms with Crippen molar-refractivity contribution >= 4 is 40.4 Å². The van der Waals surface area contributed by atoms with Crippen molar-refractivity contribution in [2.75, 3.05) is 17.2 Å². The van der Waals surface area contributed by atoms with Crippen LogP contribution in [-0.2, 0) is 14.4 Å². The molecule has 9 heteroatoms. The Labute approximate surface area is 172 Å². The third-order valence-corrected chi connectivity index (χ3v) is 4.46. The number of nitrogens with zero attached hydrogens (tertiary/aromatic N) is 2. The van der Waals surface area contributed by atoms with Crippen molar-refractivity contribution in [1.29, 1.82) is 0 Å². The summed E-state index contributed by atoms with van der Waals surface area (Å²) in [6.07, 6.45) is 0.601. The quantitative estimate of drug-likeness (QED) is 0.412. The van der Waals surface area contributed by atoms with E-state index >= 15 is 0 Å². The molecule has 0 radical (unpaired) electrons. The standard InChI is InChI=1S/C21H20N4O5/c1-3-12-24-20(27)18(14-4-10-17(11-5-14)25(29)30)19(21(24)28)23-16-8-6-15(7-9-16)22-13(2)26/h4-11,23H,3,12H2,1-2H3,(H,22,26). The first-order valence-corrected chi connectivity index (χ1v) is 9.31. The van der Waals surface area contributed by atoms with Crippen LogP contribution in [0.4, 0.5) is 17.1 Å². The van der Waals surface area contributed by atoms with Gasteiger partial charge in [0.2, 0.25) is 5.91 Å². The van der Waals surface area contributed by atoms with Crippen LogP contribution in [0.25, 0.3) is 5.57 Å². The van der Waals surface area contributed by atoms with Gasteiger partial charge in [-0.1, -0.05) is 6.92 Å². The molecule has 9 nitrogen and oxygen atoms in total. The van der Waals surface area contributed by atoms with Crippen molar-refractivity contribution in [3.63, 3.8) is 0 Å². The normalized spacial score (nSPS) is 13.6. The lowest BCUT2D eigenvalue weighted by molar-refractivity contribution is -0.384. The number of carbonyl (C=O) groups excluding carboxylic acids is 3. The van der Waals surface area contributed by atoms with E-state index in [-0.39, 0.29) is 29.4 Å². The summed E-state index contributed by atoms with van der Waals surface area (Å²) in [5.74, 6) is -1.11. The van der Waals surface area contributed by atoms with Gasteiger partial charge in [0, 0.05) is 37.0 Å². The van der Waals surface area contributed by atoms with E-state index in [1.54, 1.807) is 24.3 Å². The summed E-state index contributed by atoms with van der Waals surface area (Å²) >= 11 is 0. The third kappa shape index (κ3) is 4.19. The highest BCUT2D eigenvalue weighted by atomic mass is 16.6. The molecule has 154 valence electrons. The number of nitro benzene ring substituents is 1. The number of nitro groups is 1. The van der Waals surface area contributed by atoms with Crippen LogP contribution in [-0.4, -0.2) is 34.1 Å². The molecule has 2 N–H and O–H groups in total. The van der Waals surface area contributed by atoms with Gasteiger partial charge in [-0.25, -0.2) is 0 Å². The zero-order chi connectivity index (χ0) is 21.8. The molecule has 30 heavy (non-hydrogen) atoms. The molecule has 1 heterocycles. The highest BCUT2D eigenvalue weighted by molar-refractivity contribution is 6.36.